The minimum atomic E-state index is -5.08. The van der Waals surface area contributed by atoms with Crippen molar-refractivity contribution in [3.05, 3.63) is 0 Å². The van der Waals surface area contributed by atoms with Crippen molar-refractivity contribution in [3.63, 3.8) is 0 Å². The van der Waals surface area contributed by atoms with E-state index in [9.17, 15) is 13.2 Å². The molecular formula is C2HF3MoO2. The summed E-state index contributed by atoms with van der Waals surface area (Å²) in [4.78, 5) is 8.90. The van der Waals surface area contributed by atoms with E-state index in [0.717, 1.165) is 0 Å². The first-order valence-electron chi connectivity index (χ1n) is 1.24. The minimum absolute atomic E-state index is 0. The summed E-state index contributed by atoms with van der Waals surface area (Å²) in [5.41, 5.74) is 0. The number of halogens is 3. The molecule has 0 atom stereocenters. The monoisotopic (exact) mass is 212 g/mol. The quantitative estimate of drug-likeness (QED) is 0.595. The van der Waals surface area contributed by atoms with Gasteiger partial charge in [0.1, 0.15) is 0 Å². The van der Waals surface area contributed by atoms with Gasteiger partial charge in [-0.2, -0.15) is 13.2 Å². The van der Waals surface area contributed by atoms with Crippen LogP contribution in [0.1, 0.15) is 0 Å². The summed E-state index contributed by atoms with van der Waals surface area (Å²) in [6.07, 6.45) is -5.08. The van der Waals surface area contributed by atoms with Crippen molar-refractivity contribution >= 4 is 5.97 Å². The van der Waals surface area contributed by atoms with Crippen molar-refractivity contribution in [2.75, 3.05) is 0 Å². The van der Waals surface area contributed by atoms with Crippen LogP contribution in [0.3, 0.4) is 0 Å². The molecule has 0 aliphatic rings. The summed E-state index contributed by atoms with van der Waals surface area (Å²) < 4.78 is 31.7. The molecule has 0 fully saturated rings. The number of carboxylic acids is 1. The number of hydrogen-bond acceptors (Lipinski definition) is 1. The molecule has 0 aromatic carbocycles. The largest absolute Gasteiger partial charge is 0.490 e. The summed E-state index contributed by atoms with van der Waals surface area (Å²) in [7, 11) is 0. The minimum Gasteiger partial charge on any atom is -0.475 e. The van der Waals surface area contributed by atoms with Crippen molar-refractivity contribution in [2.45, 2.75) is 6.18 Å². The Kier molecular flexibility index (Phi) is 4.16. The van der Waals surface area contributed by atoms with Crippen LogP contribution in [0, 0.1) is 0 Å². The summed E-state index contributed by atoms with van der Waals surface area (Å²) in [6.45, 7) is 0. The molecule has 0 aromatic rings. The van der Waals surface area contributed by atoms with Gasteiger partial charge < -0.3 is 5.11 Å². The summed E-state index contributed by atoms with van der Waals surface area (Å²) in [6, 6.07) is 0. The standard InChI is InChI=1S/C2HF3O2.Mo/c3-2(4,5)1(6)7;/h(H,6,7);. The normalized spacial score (nSPS) is 9.88. The Morgan fingerprint density at radius 2 is 1.50 bits per heavy atom. The zero-order valence-electron chi connectivity index (χ0n) is 3.40. The fraction of sp³-hybridized carbons (Fsp3) is 0.500. The molecule has 6 heteroatoms. The van der Waals surface area contributed by atoms with Gasteiger partial charge in [-0.1, -0.05) is 0 Å². The molecule has 0 spiro atoms. The zero-order chi connectivity index (χ0) is 6.08. The van der Waals surface area contributed by atoms with Crippen molar-refractivity contribution in [2.24, 2.45) is 0 Å². The predicted molar refractivity (Wildman–Crippen MR) is 13.7 cm³/mol. The van der Waals surface area contributed by atoms with E-state index in [1.54, 1.807) is 0 Å². The van der Waals surface area contributed by atoms with Crippen LogP contribution in [-0.2, 0) is 25.9 Å². The molecule has 0 bridgehead atoms. The summed E-state index contributed by atoms with van der Waals surface area (Å²) in [5.74, 6) is -2.76. The zero-order valence-corrected chi connectivity index (χ0v) is 5.40. The molecule has 0 aliphatic carbocycles. The molecule has 2 nitrogen and oxygen atoms in total. The molecule has 0 aromatic heterocycles. The second-order valence-corrected chi connectivity index (χ2v) is 0.803. The maximum atomic E-state index is 10.6. The maximum Gasteiger partial charge on any atom is 0.490 e. The van der Waals surface area contributed by atoms with Crippen molar-refractivity contribution in [3.8, 4) is 0 Å². The third-order valence-electron chi connectivity index (χ3n) is 0.243. The topological polar surface area (TPSA) is 37.3 Å². The first kappa shape index (κ1) is 10.8. The van der Waals surface area contributed by atoms with E-state index in [1.165, 1.54) is 0 Å². The number of carboxylic acid groups (broad SMARTS) is 1. The van der Waals surface area contributed by atoms with Crippen LogP contribution in [0.15, 0.2) is 0 Å². The van der Waals surface area contributed by atoms with Crippen LogP contribution in [0.5, 0.6) is 0 Å². The Morgan fingerprint density at radius 3 is 1.50 bits per heavy atom. The van der Waals surface area contributed by atoms with Gasteiger partial charge >= 0.3 is 12.1 Å². The Balaban J connectivity index is 0. The fourth-order valence-electron chi connectivity index (χ4n) is 0. The molecule has 0 unspecified atom stereocenters. The van der Waals surface area contributed by atoms with Gasteiger partial charge in [0, 0.05) is 21.1 Å². The van der Waals surface area contributed by atoms with Crippen LogP contribution >= 0.6 is 0 Å². The van der Waals surface area contributed by atoms with Gasteiger partial charge in [-0.25, -0.2) is 4.79 Å². The molecule has 0 saturated carbocycles. The van der Waals surface area contributed by atoms with E-state index < -0.39 is 12.1 Å². The van der Waals surface area contributed by atoms with E-state index >= 15 is 0 Å². The Bertz CT molecular complexity index is 87.8. The number of carbonyl (C=O) groups is 1. The summed E-state index contributed by atoms with van der Waals surface area (Å²) >= 11 is 0. The second-order valence-electron chi connectivity index (χ2n) is 0.803. The second kappa shape index (κ2) is 3.07. The van der Waals surface area contributed by atoms with Gasteiger partial charge in [-0.15, -0.1) is 0 Å². The van der Waals surface area contributed by atoms with E-state index in [-0.39, 0.29) is 21.1 Å². The Hall–Kier alpha value is -0.0517. The smallest absolute Gasteiger partial charge is 0.475 e. The molecule has 0 amide bonds. The predicted octanol–water partition coefficient (Wildman–Crippen LogP) is 0.631. The first-order valence-corrected chi connectivity index (χ1v) is 1.24. The van der Waals surface area contributed by atoms with Crippen molar-refractivity contribution < 1.29 is 44.1 Å². The third-order valence-corrected chi connectivity index (χ3v) is 0.243. The first-order chi connectivity index (χ1) is 2.94. The third kappa shape index (κ3) is 4.12. The summed E-state index contributed by atoms with van der Waals surface area (Å²) in [5, 5.41) is 7.12. The van der Waals surface area contributed by atoms with E-state index in [1.807, 2.05) is 0 Å². The van der Waals surface area contributed by atoms with Crippen LogP contribution in [0.2, 0.25) is 0 Å². The van der Waals surface area contributed by atoms with Gasteiger partial charge in [-0.05, 0) is 0 Å². The molecule has 0 aliphatic heterocycles. The molecular weight excluding hydrogens is 209 g/mol. The van der Waals surface area contributed by atoms with Crippen LogP contribution < -0.4 is 0 Å². The average molecular weight is 210 g/mol. The van der Waals surface area contributed by atoms with Gasteiger partial charge in [0.05, 0.1) is 0 Å². The molecule has 0 radical (unpaired) electrons. The molecule has 0 rings (SSSR count). The van der Waals surface area contributed by atoms with Gasteiger partial charge in [-0.3, -0.25) is 0 Å². The molecule has 0 saturated heterocycles. The van der Waals surface area contributed by atoms with Crippen molar-refractivity contribution in [1.82, 2.24) is 0 Å². The van der Waals surface area contributed by atoms with Crippen molar-refractivity contribution in [1.29, 1.82) is 0 Å². The molecule has 48 valence electrons. The number of aliphatic carboxylic acids is 1. The van der Waals surface area contributed by atoms with Gasteiger partial charge in [0.25, 0.3) is 0 Å². The van der Waals surface area contributed by atoms with E-state index in [2.05, 4.69) is 0 Å². The molecule has 0 heterocycles. The maximum absolute atomic E-state index is 10.6. The van der Waals surface area contributed by atoms with E-state index in [4.69, 9.17) is 9.90 Å². The molecule has 8 heavy (non-hydrogen) atoms. The number of hydrogen-bond donors (Lipinski definition) is 1. The SMILES string of the molecule is O=C(O)C(F)(F)F.[Mo]. The van der Waals surface area contributed by atoms with Crippen LogP contribution in [0.25, 0.3) is 0 Å². The van der Waals surface area contributed by atoms with Gasteiger partial charge in [0.2, 0.25) is 0 Å². The Labute approximate surface area is 56.9 Å². The van der Waals surface area contributed by atoms with E-state index in [0.29, 0.717) is 0 Å². The number of alkyl halides is 3. The van der Waals surface area contributed by atoms with Crippen LogP contribution in [-0.4, -0.2) is 17.3 Å². The fourth-order valence-corrected chi connectivity index (χ4v) is 0. The number of rotatable bonds is 0. The average Bonchev–Trinajstić information content (AvgIpc) is 1.31. The van der Waals surface area contributed by atoms with Gasteiger partial charge in [0.15, 0.2) is 0 Å². The van der Waals surface area contributed by atoms with Crippen LogP contribution in [0.4, 0.5) is 13.2 Å². The Morgan fingerprint density at radius 1 is 1.38 bits per heavy atom. The molecule has 1 N–H and O–H groups in total.